The van der Waals surface area contributed by atoms with E-state index in [9.17, 15) is 22.8 Å². The standard InChI is InChI=1S/C25H33F3N8O3/c26-25(27,28)23-33-19(35-10-1-2-11-35)14-20(34-23)36-12-6-17(7-13-36)4-3-5-21(37)29-8-9-30-24-31-15-18(16-32-24)22(38)39/h14-17H,1-13H2,(H,29,37)(H,38,39)(H,30,31,32). The maximum atomic E-state index is 13.5. The summed E-state index contributed by atoms with van der Waals surface area (Å²) < 4.78 is 40.4. The van der Waals surface area contributed by atoms with Gasteiger partial charge in [0.25, 0.3) is 0 Å². The molecule has 1 amide bonds. The smallest absolute Gasteiger partial charge is 0.451 e. The third-order valence-corrected chi connectivity index (χ3v) is 6.97. The van der Waals surface area contributed by atoms with E-state index < -0.39 is 18.0 Å². The van der Waals surface area contributed by atoms with Gasteiger partial charge in [0, 0.05) is 64.1 Å². The van der Waals surface area contributed by atoms with Gasteiger partial charge in [-0.05, 0) is 44.4 Å². The number of nitrogens with zero attached hydrogens (tertiary/aromatic N) is 6. The highest BCUT2D eigenvalue weighted by Gasteiger charge is 2.37. The number of alkyl halides is 3. The lowest BCUT2D eigenvalue weighted by atomic mass is 9.91. The van der Waals surface area contributed by atoms with Gasteiger partial charge < -0.3 is 25.5 Å². The zero-order valence-electron chi connectivity index (χ0n) is 21.6. The monoisotopic (exact) mass is 550 g/mol. The molecule has 14 heteroatoms. The van der Waals surface area contributed by atoms with Crippen LogP contribution in [-0.2, 0) is 11.0 Å². The fourth-order valence-electron chi connectivity index (χ4n) is 4.82. The van der Waals surface area contributed by atoms with Crippen molar-refractivity contribution in [1.29, 1.82) is 0 Å². The molecule has 0 bridgehead atoms. The maximum absolute atomic E-state index is 13.5. The van der Waals surface area contributed by atoms with Crippen molar-refractivity contribution in [3.8, 4) is 0 Å². The molecule has 0 spiro atoms. The highest BCUT2D eigenvalue weighted by Crippen LogP contribution is 2.33. The summed E-state index contributed by atoms with van der Waals surface area (Å²) in [5, 5.41) is 14.6. The van der Waals surface area contributed by atoms with Crippen LogP contribution < -0.4 is 20.4 Å². The molecule has 2 aliphatic rings. The number of aromatic nitrogens is 4. The summed E-state index contributed by atoms with van der Waals surface area (Å²) in [5.74, 6) is -0.893. The highest BCUT2D eigenvalue weighted by atomic mass is 19.4. The van der Waals surface area contributed by atoms with Crippen molar-refractivity contribution in [3.05, 3.63) is 29.8 Å². The number of aromatic carboxylic acids is 1. The molecular weight excluding hydrogens is 517 g/mol. The fourth-order valence-corrected chi connectivity index (χ4v) is 4.82. The summed E-state index contributed by atoms with van der Waals surface area (Å²) in [4.78, 5) is 42.2. The number of halogens is 3. The molecule has 2 saturated heterocycles. The number of amides is 1. The van der Waals surface area contributed by atoms with Crippen LogP contribution in [0.25, 0.3) is 0 Å². The first kappa shape index (κ1) is 28.3. The van der Waals surface area contributed by atoms with Crippen molar-refractivity contribution < 1.29 is 27.9 Å². The number of nitrogens with one attached hydrogen (secondary N) is 2. The number of piperidine rings is 1. The van der Waals surface area contributed by atoms with Crippen LogP contribution in [-0.4, -0.2) is 76.2 Å². The molecule has 0 radical (unpaired) electrons. The molecule has 0 atom stereocenters. The highest BCUT2D eigenvalue weighted by molar-refractivity contribution is 5.86. The van der Waals surface area contributed by atoms with E-state index in [1.54, 1.807) is 6.07 Å². The minimum Gasteiger partial charge on any atom is -0.478 e. The van der Waals surface area contributed by atoms with Gasteiger partial charge >= 0.3 is 12.1 Å². The Labute approximate surface area is 224 Å². The molecule has 2 aromatic heterocycles. The first-order valence-corrected chi connectivity index (χ1v) is 13.2. The Balaban J connectivity index is 1.16. The van der Waals surface area contributed by atoms with Crippen molar-refractivity contribution in [1.82, 2.24) is 25.3 Å². The van der Waals surface area contributed by atoms with Crippen LogP contribution in [0.15, 0.2) is 18.5 Å². The van der Waals surface area contributed by atoms with Crippen LogP contribution in [0.4, 0.5) is 30.8 Å². The molecule has 212 valence electrons. The number of hydrogen-bond acceptors (Lipinski definition) is 9. The average Bonchev–Trinajstić information content (AvgIpc) is 3.46. The second kappa shape index (κ2) is 12.9. The maximum Gasteiger partial charge on any atom is 0.451 e. The van der Waals surface area contributed by atoms with Gasteiger partial charge in [0.2, 0.25) is 17.7 Å². The molecule has 11 nitrogen and oxygen atoms in total. The second-order valence-electron chi connectivity index (χ2n) is 9.80. The zero-order chi connectivity index (χ0) is 27.8. The second-order valence-corrected chi connectivity index (χ2v) is 9.80. The molecule has 0 unspecified atom stereocenters. The van der Waals surface area contributed by atoms with Gasteiger partial charge in [0.15, 0.2) is 0 Å². The molecule has 2 fully saturated rings. The van der Waals surface area contributed by atoms with Crippen molar-refractivity contribution in [2.24, 2.45) is 5.92 Å². The Kier molecular flexibility index (Phi) is 9.36. The third-order valence-electron chi connectivity index (χ3n) is 6.97. The molecule has 0 aliphatic carbocycles. The van der Waals surface area contributed by atoms with Gasteiger partial charge in [0.1, 0.15) is 11.6 Å². The summed E-state index contributed by atoms with van der Waals surface area (Å²) in [6, 6.07) is 1.68. The van der Waals surface area contributed by atoms with Crippen LogP contribution >= 0.6 is 0 Å². The SMILES string of the molecule is O=C(CCCC1CCN(c2cc(N3CCCC3)nc(C(F)(F)F)n2)CC1)NCCNc1ncc(C(=O)O)cn1. The quantitative estimate of drug-likeness (QED) is 0.358. The number of carboxylic acid groups (broad SMARTS) is 1. The minimum atomic E-state index is -4.60. The van der Waals surface area contributed by atoms with E-state index in [0.717, 1.165) is 38.5 Å². The molecule has 3 N–H and O–H groups in total. The number of hydrogen-bond donors (Lipinski definition) is 3. The lowest BCUT2D eigenvalue weighted by Gasteiger charge is -2.33. The van der Waals surface area contributed by atoms with Gasteiger partial charge in [-0.25, -0.2) is 24.7 Å². The molecule has 4 heterocycles. The average molecular weight is 551 g/mol. The Morgan fingerprint density at radius 1 is 0.974 bits per heavy atom. The van der Waals surface area contributed by atoms with Gasteiger partial charge in [-0.15, -0.1) is 0 Å². The van der Waals surface area contributed by atoms with Crippen LogP contribution in [0.5, 0.6) is 0 Å². The van der Waals surface area contributed by atoms with Crippen LogP contribution in [0.2, 0.25) is 0 Å². The van der Waals surface area contributed by atoms with E-state index in [-0.39, 0.29) is 17.4 Å². The number of carboxylic acids is 1. The van der Waals surface area contributed by atoms with Gasteiger partial charge in [-0.3, -0.25) is 4.79 Å². The summed E-state index contributed by atoms with van der Waals surface area (Å²) >= 11 is 0. The largest absolute Gasteiger partial charge is 0.478 e. The summed E-state index contributed by atoms with van der Waals surface area (Å²) in [6.07, 6.45) is 3.37. The van der Waals surface area contributed by atoms with Crippen molar-refractivity contribution >= 4 is 29.5 Å². The lowest BCUT2D eigenvalue weighted by Crippen LogP contribution is -2.35. The first-order valence-electron chi connectivity index (χ1n) is 13.2. The first-order chi connectivity index (χ1) is 18.7. The van der Waals surface area contributed by atoms with Crippen LogP contribution in [0.3, 0.4) is 0 Å². The number of carbonyl (C=O) groups is 2. The summed E-state index contributed by atoms with van der Waals surface area (Å²) in [6.45, 7) is 3.42. The van der Waals surface area contributed by atoms with Crippen molar-refractivity contribution in [3.63, 3.8) is 0 Å². The Morgan fingerprint density at radius 3 is 2.18 bits per heavy atom. The van der Waals surface area contributed by atoms with E-state index >= 15 is 0 Å². The topological polar surface area (TPSA) is 136 Å². The molecule has 2 aliphatic heterocycles. The van der Waals surface area contributed by atoms with Crippen LogP contribution in [0.1, 0.15) is 61.1 Å². The van der Waals surface area contributed by atoms with E-state index in [0.29, 0.717) is 63.2 Å². The normalized spacial score (nSPS) is 16.4. The molecule has 2 aromatic rings. The van der Waals surface area contributed by atoms with E-state index in [1.165, 1.54) is 12.4 Å². The number of anilines is 3. The molecule has 39 heavy (non-hydrogen) atoms. The predicted octanol–water partition coefficient (Wildman–Crippen LogP) is 3.20. The Bertz CT molecular complexity index is 1120. The Hall–Kier alpha value is -3.71. The minimum absolute atomic E-state index is 0.00388. The molecule has 0 saturated carbocycles. The number of rotatable bonds is 11. The molecular formula is C25H33F3N8O3. The third kappa shape index (κ3) is 8.14. The molecule has 4 rings (SSSR count). The van der Waals surface area contributed by atoms with Crippen molar-refractivity contribution in [2.45, 2.75) is 51.1 Å². The predicted molar refractivity (Wildman–Crippen MR) is 138 cm³/mol. The summed E-state index contributed by atoms with van der Waals surface area (Å²) in [7, 11) is 0. The van der Waals surface area contributed by atoms with E-state index in [4.69, 9.17) is 5.11 Å². The van der Waals surface area contributed by atoms with E-state index in [2.05, 4.69) is 30.6 Å². The summed E-state index contributed by atoms with van der Waals surface area (Å²) in [5.41, 5.74) is -0.00388. The van der Waals surface area contributed by atoms with Gasteiger partial charge in [-0.1, -0.05) is 0 Å². The lowest BCUT2D eigenvalue weighted by molar-refractivity contribution is -0.144. The van der Waals surface area contributed by atoms with Crippen LogP contribution in [0, 0.1) is 5.92 Å². The van der Waals surface area contributed by atoms with Gasteiger partial charge in [-0.2, -0.15) is 13.2 Å². The Morgan fingerprint density at radius 2 is 1.59 bits per heavy atom. The fraction of sp³-hybridized carbons (Fsp3) is 0.600. The zero-order valence-corrected chi connectivity index (χ0v) is 21.6. The van der Waals surface area contributed by atoms with Crippen molar-refractivity contribution in [2.75, 3.05) is 54.4 Å². The van der Waals surface area contributed by atoms with E-state index in [1.807, 2.05) is 9.80 Å². The molecule has 0 aromatic carbocycles. The van der Waals surface area contributed by atoms with Gasteiger partial charge in [0.05, 0.1) is 5.56 Å². The number of carbonyl (C=O) groups excluding carboxylic acids is 1.